The predicted octanol–water partition coefficient (Wildman–Crippen LogP) is 3.17. The van der Waals surface area contributed by atoms with Gasteiger partial charge in [0.1, 0.15) is 11.3 Å². The van der Waals surface area contributed by atoms with Crippen molar-refractivity contribution < 1.29 is 4.79 Å². The number of amides is 1. The summed E-state index contributed by atoms with van der Waals surface area (Å²) in [5, 5.41) is 4.65. The normalized spacial score (nSPS) is 18.4. The fourth-order valence-electron chi connectivity index (χ4n) is 4.30. The molecule has 1 saturated carbocycles. The Morgan fingerprint density at radius 3 is 2.77 bits per heavy atom. The maximum atomic E-state index is 13.3. The second kappa shape index (κ2) is 7.01. The lowest BCUT2D eigenvalue weighted by molar-refractivity contribution is 0.0630. The molecular formula is C23H23N7O. The lowest BCUT2D eigenvalue weighted by Crippen LogP contribution is -2.41. The van der Waals surface area contributed by atoms with Gasteiger partial charge in [-0.15, -0.1) is 0 Å². The third-order valence-corrected chi connectivity index (χ3v) is 6.21. The Labute approximate surface area is 179 Å². The Bertz CT molecular complexity index is 1270. The molecule has 0 spiro atoms. The average Bonchev–Trinajstić information content (AvgIpc) is 3.43. The van der Waals surface area contributed by atoms with Crippen LogP contribution in [0.1, 0.15) is 59.3 Å². The van der Waals surface area contributed by atoms with Crippen molar-refractivity contribution in [2.24, 2.45) is 0 Å². The van der Waals surface area contributed by atoms with Gasteiger partial charge in [-0.3, -0.25) is 4.79 Å². The molecule has 0 unspecified atom stereocenters. The van der Waals surface area contributed by atoms with Crippen molar-refractivity contribution in [3.8, 4) is 0 Å². The van der Waals surface area contributed by atoms with Gasteiger partial charge in [0.05, 0.1) is 31.0 Å². The molecule has 1 aliphatic carbocycles. The fraction of sp³-hybridized carbons (Fsp3) is 0.348. The molecule has 6 rings (SSSR count). The Hall–Kier alpha value is -3.55. The number of rotatable bonds is 4. The van der Waals surface area contributed by atoms with Crippen molar-refractivity contribution in [1.29, 1.82) is 0 Å². The van der Waals surface area contributed by atoms with Crippen LogP contribution in [-0.4, -0.2) is 46.7 Å². The number of carbonyl (C=O) groups is 1. The van der Waals surface area contributed by atoms with Crippen molar-refractivity contribution >= 4 is 17.1 Å². The van der Waals surface area contributed by atoms with E-state index in [2.05, 4.69) is 27.2 Å². The molecule has 1 aliphatic heterocycles. The van der Waals surface area contributed by atoms with E-state index in [4.69, 9.17) is 4.98 Å². The van der Waals surface area contributed by atoms with Gasteiger partial charge in [-0.2, -0.15) is 5.10 Å². The van der Waals surface area contributed by atoms with E-state index in [0.29, 0.717) is 31.1 Å². The molecule has 8 nitrogen and oxygen atoms in total. The van der Waals surface area contributed by atoms with Gasteiger partial charge < -0.3 is 9.47 Å². The number of fused-ring (bicyclic) bond motifs is 2. The highest BCUT2D eigenvalue weighted by Crippen LogP contribution is 2.39. The van der Waals surface area contributed by atoms with Crippen LogP contribution in [0.3, 0.4) is 0 Å². The third-order valence-electron chi connectivity index (χ3n) is 6.21. The molecule has 4 aromatic rings. The number of carbonyl (C=O) groups excluding carboxylic acids is 1. The van der Waals surface area contributed by atoms with Crippen molar-refractivity contribution in [2.45, 2.75) is 44.8 Å². The van der Waals surface area contributed by atoms with Crippen LogP contribution >= 0.6 is 0 Å². The summed E-state index contributed by atoms with van der Waals surface area (Å²) in [5.74, 6) is 2.28. The van der Waals surface area contributed by atoms with E-state index < -0.39 is 0 Å². The molecule has 2 aliphatic rings. The molecule has 0 bridgehead atoms. The molecule has 3 aromatic heterocycles. The zero-order chi connectivity index (χ0) is 20.9. The zero-order valence-electron chi connectivity index (χ0n) is 17.3. The van der Waals surface area contributed by atoms with Crippen molar-refractivity contribution in [3.63, 3.8) is 0 Å². The summed E-state index contributed by atoms with van der Waals surface area (Å²) in [6.07, 6.45) is 5.78. The van der Waals surface area contributed by atoms with Gasteiger partial charge >= 0.3 is 0 Å². The summed E-state index contributed by atoms with van der Waals surface area (Å²) < 4.78 is 3.97. The molecule has 1 fully saturated rings. The highest BCUT2D eigenvalue weighted by Gasteiger charge is 2.35. The minimum Gasteiger partial charge on any atom is -0.327 e. The standard InChI is InChI=1S/C23H23N7O/c1-15-21-26-20(17-7-8-17)27-30(21)10-9-29(15)23(31)18-11-19-22(24-12-18)28(14-25-19)13-16-5-3-2-4-6-16/h2-6,11-12,14-15,17H,7-10,13H2,1H3/t15-/m1/s1. The van der Waals surface area contributed by atoms with E-state index in [1.807, 2.05) is 45.3 Å². The number of hydrogen-bond donors (Lipinski definition) is 0. The zero-order valence-corrected chi connectivity index (χ0v) is 17.3. The molecule has 4 heterocycles. The highest BCUT2D eigenvalue weighted by atomic mass is 16.2. The maximum Gasteiger partial charge on any atom is 0.256 e. The summed E-state index contributed by atoms with van der Waals surface area (Å²) in [4.78, 5) is 29.0. The Kier molecular flexibility index (Phi) is 4.12. The number of aromatic nitrogens is 6. The van der Waals surface area contributed by atoms with E-state index in [-0.39, 0.29) is 11.9 Å². The first-order valence-corrected chi connectivity index (χ1v) is 10.8. The molecule has 1 amide bonds. The molecule has 31 heavy (non-hydrogen) atoms. The summed E-state index contributed by atoms with van der Waals surface area (Å²) >= 11 is 0. The molecule has 156 valence electrons. The highest BCUT2D eigenvalue weighted by molar-refractivity contribution is 5.96. The van der Waals surface area contributed by atoms with Gasteiger partial charge in [-0.05, 0) is 31.4 Å². The van der Waals surface area contributed by atoms with Gasteiger partial charge in [0.2, 0.25) is 0 Å². The van der Waals surface area contributed by atoms with Crippen molar-refractivity contribution in [2.75, 3.05) is 6.54 Å². The molecule has 1 aromatic carbocycles. The summed E-state index contributed by atoms with van der Waals surface area (Å²) in [6, 6.07) is 11.9. The third kappa shape index (κ3) is 3.19. The minimum atomic E-state index is -0.118. The van der Waals surface area contributed by atoms with E-state index in [9.17, 15) is 4.79 Å². The Morgan fingerprint density at radius 2 is 1.97 bits per heavy atom. The van der Waals surface area contributed by atoms with Crippen LogP contribution in [0.25, 0.3) is 11.2 Å². The van der Waals surface area contributed by atoms with E-state index in [1.165, 1.54) is 18.4 Å². The fourth-order valence-corrected chi connectivity index (χ4v) is 4.30. The number of imidazole rings is 1. The van der Waals surface area contributed by atoms with Crippen molar-refractivity contribution in [1.82, 2.24) is 34.2 Å². The molecule has 8 heteroatoms. The van der Waals surface area contributed by atoms with Gasteiger partial charge in [-0.25, -0.2) is 19.6 Å². The molecule has 0 radical (unpaired) electrons. The topological polar surface area (TPSA) is 81.7 Å². The van der Waals surface area contributed by atoms with E-state index >= 15 is 0 Å². The van der Waals surface area contributed by atoms with Gasteiger partial charge in [0, 0.05) is 18.7 Å². The van der Waals surface area contributed by atoms with Crippen molar-refractivity contribution in [3.05, 3.63) is 71.7 Å². The lowest BCUT2D eigenvalue weighted by Gasteiger charge is -2.32. The molecule has 0 N–H and O–H groups in total. The summed E-state index contributed by atoms with van der Waals surface area (Å²) in [6.45, 7) is 4.00. The average molecular weight is 413 g/mol. The lowest BCUT2D eigenvalue weighted by atomic mass is 10.1. The molecular weight excluding hydrogens is 390 g/mol. The maximum absolute atomic E-state index is 13.3. The quantitative estimate of drug-likeness (QED) is 0.513. The Morgan fingerprint density at radius 1 is 1.13 bits per heavy atom. The monoisotopic (exact) mass is 413 g/mol. The smallest absolute Gasteiger partial charge is 0.256 e. The summed E-state index contributed by atoms with van der Waals surface area (Å²) in [7, 11) is 0. The second-order valence-electron chi connectivity index (χ2n) is 8.42. The van der Waals surface area contributed by atoms with Crippen LogP contribution in [0, 0.1) is 0 Å². The molecule has 1 atom stereocenters. The predicted molar refractivity (Wildman–Crippen MR) is 115 cm³/mol. The van der Waals surface area contributed by atoms with Crippen LogP contribution in [0.2, 0.25) is 0 Å². The summed E-state index contributed by atoms with van der Waals surface area (Å²) in [5.41, 5.74) is 3.24. The van der Waals surface area contributed by atoms with Gasteiger partial charge in [0.25, 0.3) is 5.91 Å². The minimum absolute atomic E-state index is 0.0401. The second-order valence-corrected chi connectivity index (χ2v) is 8.42. The van der Waals surface area contributed by atoms with E-state index in [0.717, 1.165) is 22.8 Å². The molecule has 0 saturated heterocycles. The largest absolute Gasteiger partial charge is 0.327 e. The van der Waals surface area contributed by atoms with Crippen LogP contribution in [-0.2, 0) is 13.1 Å². The first-order chi connectivity index (χ1) is 15.2. The first kappa shape index (κ1) is 18.2. The number of nitrogens with zero attached hydrogens (tertiary/aromatic N) is 7. The Balaban J connectivity index is 1.25. The van der Waals surface area contributed by atoms with Gasteiger partial charge in [0.15, 0.2) is 11.5 Å². The number of benzene rings is 1. The van der Waals surface area contributed by atoms with Gasteiger partial charge in [-0.1, -0.05) is 30.3 Å². The first-order valence-electron chi connectivity index (χ1n) is 10.8. The SMILES string of the molecule is C[C@@H]1c2nc(C3CC3)nn2CCN1C(=O)c1cnc2c(c1)ncn2Cc1ccccc1. The van der Waals surface area contributed by atoms with Crippen LogP contribution < -0.4 is 0 Å². The van der Waals surface area contributed by atoms with Crippen LogP contribution in [0.5, 0.6) is 0 Å². The number of pyridine rings is 1. The number of hydrogen-bond acceptors (Lipinski definition) is 5. The van der Waals surface area contributed by atoms with Crippen LogP contribution in [0.15, 0.2) is 48.9 Å². The van der Waals surface area contributed by atoms with Crippen LogP contribution in [0.4, 0.5) is 0 Å². The van der Waals surface area contributed by atoms with E-state index in [1.54, 1.807) is 12.5 Å².